The van der Waals surface area contributed by atoms with Crippen LogP contribution < -0.4 is 0 Å². The van der Waals surface area contributed by atoms with Crippen LogP contribution in [-0.2, 0) is 10.9 Å². The highest BCUT2D eigenvalue weighted by Gasteiger charge is 2.31. The molecule has 0 heterocycles. The number of benzene rings is 2. The second-order valence-electron chi connectivity index (χ2n) is 6.48. The third kappa shape index (κ3) is 4.63. The summed E-state index contributed by atoms with van der Waals surface area (Å²) in [5.74, 6) is 1.88. The molecule has 2 nitrogen and oxygen atoms in total. The van der Waals surface area contributed by atoms with Gasteiger partial charge in [0.25, 0.3) is 0 Å². The molecule has 2 aromatic rings. The molecule has 130 valence electrons. The van der Waals surface area contributed by atoms with E-state index in [9.17, 15) is 18.0 Å². The fourth-order valence-corrected chi connectivity index (χ4v) is 2.21. The van der Waals surface area contributed by atoms with Gasteiger partial charge < -0.3 is 4.74 Å². The molecule has 0 fully saturated rings. The number of halogens is 3. The van der Waals surface area contributed by atoms with Crippen LogP contribution in [0.25, 0.3) is 11.1 Å². The second kappa shape index (κ2) is 6.64. The van der Waals surface area contributed by atoms with Gasteiger partial charge >= 0.3 is 12.1 Å². The Kier molecular flexibility index (Phi) is 4.94. The number of ether oxygens (including phenoxy) is 1. The molecule has 25 heavy (non-hydrogen) atoms. The van der Waals surface area contributed by atoms with Crippen molar-refractivity contribution in [3.63, 3.8) is 0 Å². The number of alkyl halides is 3. The lowest BCUT2D eigenvalue weighted by molar-refractivity contribution is -0.137. The average molecular weight is 346 g/mol. The SMILES string of the molecule is C#Cc1ccc(C(F)(F)F)cc1-c1ccc(C(=O)OC(C)(C)C)cc1. The smallest absolute Gasteiger partial charge is 0.416 e. The van der Waals surface area contributed by atoms with Crippen molar-refractivity contribution in [3.05, 3.63) is 59.2 Å². The van der Waals surface area contributed by atoms with Crippen LogP contribution in [0.1, 0.15) is 42.3 Å². The fourth-order valence-electron chi connectivity index (χ4n) is 2.21. The lowest BCUT2D eigenvalue weighted by atomic mass is 9.96. The van der Waals surface area contributed by atoms with Crippen molar-refractivity contribution in [2.24, 2.45) is 0 Å². The number of carbonyl (C=O) groups excluding carboxylic acids is 1. The van der Waals surface area contributed by atoms with Crippen LogP contribution in [0, 0.1) is 12.3 Å². The van der Waals surface area contributed by atoms with Gasteiger partial charge in [-0.2, -0.15) is 13.2 Å². The number of esters is 1. The molecule has 0 aliphatic carbocycles. The quantitative estimate of drug-likeness (QED) is 0.544. The van der Waals surface area contributed by atoms with Gasteiger partial charge in [-0.1, -0.05) is 18.1 Å². The topological polar surface area (TPSA) is 26.3 Å². The molecule has 0 aliphatic heterocycles. The van der Waals surface area contributed by atoms with Gasteiger partial charge in [0, 0.05) is 5.56 Å². The van der Waals surface area contributed by atoms with Gasteiger partial charge in [-0.15, -0.1) is 6.42 Å². The first-order chi connectivity index (χ1) is 11.5. The molecule has 2 rings (SSSR count). The highest BCUT2D eigenvalue weighted by atomic mass is 19.4. The Morgan fingerprint density at radius 2 is 1.64 bits per heavy atom. The van der Waals surface area contributed by atoms with E-state index in [0.29, 0.717) is 16.7 Å². The first-order valence-corrected chi connectivity index (χ1v) is 7.53. The molecule has 0 atom stereocenters. The van der Waals surface area contributed by atoms with E-state index in [-0.39, 0.29) is 5.56 Å². The molecular weight excluding hydrogens is 329 g/mol. The number of terminal acetylenes is 1. The molecule has 0 bridgehead atoms. The predicted molar refractivity (Wildman–Crippen MR) is 90.0 cm³/mol. The minimum Gasteiger partial charge on any atom is -0.456 e. The molecule has 2 aromatic carbocycles. The lowest BCUT2D eigenvalue weighted by Gasteiger charge is -2.19. The first-order valence-electron chi connectivity index (χ1n) is 7.53. The van der Waals surface area contributed by atoms with E-state index in [1.54, 1.807) is 32.9 Å². The summed E-state index contributed by atoms with van der Waals surface area (Å²) >= 11 is 0. The summed E-state index contributed by atoms with van der Waals surface area (Å²) in [5, 5.41) is 0. The maximum atomic E-state index is 12.9. The maximum Gasteiger partial charge on any atom is 0.416 e. The molecule has 0 N–H and O–H groups in total. The minimum absolute atomic E-state index is 0.285. The Balaban J connectivity index is 2.40. The highest BCUT2D eigenvalue weighted by Crippen LogP contribution is 2.34. The summed E-state index contributed by atoms with van der Waals surface area (Å²) in [6, 6.07) is 9.34. The fraction of sp³-hybridized carbons (Fsp3) is 0.250. The summed E-state index contributed by atoms with van der Waals surface area (Å²) < 4.78 is 44.1. The molecule has 0 saturated heterocycles. The van der Waals surface area contributed by atoms with Crippen LogP contribution in [-0.4, -0.2) is 11.6 Å². The van der Waals surface area contributed by atoms with Crippen molar-refractivity contribution >= 4 is 5.97 Å². The summed E-state index contributed by atoms with van der Waals surface area (Å²) in [6.07, 6.45) is 0.929. The average Bonchev–Trinajstić information content (AvgIpc) is 2.52. The van der Waals surface area contributed by atoms with Gasteiger partial charge in [0.2, 0.25) is 0 Å². The van der Waals surface area contributed by atoms with E-state index >= 15 is 0 Å². The van der Waals surface area contributed by atoms with Crippen LogP contribution in [0.4, 0.5) is 13.2 Å². The zero-order valence-corrected chi connectivity index (χ0v) is 14.1. The van der Waals surface area contributed by atoms with Crippen molar-refractivity contribution in [1.82, 2.24) is 0 Å². The van der Waals surface area contributed by atoms with Crippen molar-refractivity contribution in [3.8, 4) is 23.5 Å². The molecule has 0 aliphatic rings. The monoisotopic (exact) mass is 346 g/mol. The summed E-state index contributed by atoms with van der Waals surface area (Å²) in [5.41, 5.74) is 0.0241. The van der Waals surface area contributed by atoms with E-state index in [0.717, 1.165) is 12.1 Å². The van der Waals surface area contributed by atoms with Crippen molar-refractivity contribution in [2.75, 3.05) is 0 Å². The number of carbonyl (C=O) groups is 1. The van der Waals surface area contributed by atoms with Gasteiger partial charge in [-0.25, -0.2) is 4.79 Å². The van der Waals surface area contributed by atoms with Crippen LogP contribution in [0.2, 0.25) is 0 Å². The zero-order chi connectivity index (χ0) is 18.8. The van der Waals surface area contributed by atoms with E-state index in [2.05, 4.69) is 5.92 Å². The lowest BCUT2D eigenvalue weighted by Crippen LogP contribution is -2.23. The van der Waals surface area contributed by atoms with Crippen LogP contribution in [0.15, 0.2) is 42.5 Å². The Hall–Kier alpha value is -2.74. The summed E-state index contributed by atoms with van der Waals surface area (Å²) in [4.78, 5) is 12.0. The van der Waals surface area contributed by atoms with E-state index < -0.39 is 23.3 Å². The maximum absolute atomic E-state index is 12.9. The number of hydrogen-bond donors (Lipinski definition) is 0. The second-order valence-corrected chi connectivity index (χ2v) is 6.48. The third-order valence-electron chi connectivity index (χ3n) is 3.33. The predicted octanol–water partition coefficient (Wildman–Crippen LogP) is 5.31. The first kappa shape index (κ1) is 18.6. The third-order valence-corrected chi connectivity index (χ3v) is 3.33. The Bertz CT molecular complexity index is 820. The number of hydrogen-bond acceptors (Lipinski definition) is 2. The summed E-state index contributed by atoms with van der Waals surface area (Å²) in [6.45, 7) is 5.25. The molecule has 0 aromatic heterocycles. The highest BCUT2D eigenvalue weighted by molar-refractivity contribution is 5.90. The molecule has 0 unspecified atom stereocenters. The van der Waals surface area contributed by atoms with Gasteiger partial charge in [0.05, 0.1) is 11.1 Å². The van der Waals surface area contributed by atoms with E-state index in [1.165, 1.54) is 18.2 Å². The molecule has 0 amide bonds. The standard InChI is InChI=1S/C20H17F3O2/c1-5-13-10-11-16(20(21,22)23)12-17(13)14-6-8-15(9-7-14)18(24)25-19(2,3)4/h1,6-12H,2-4H3. The van der Waals surface area contributed by atoms with Gasteiger partial charge in [-0.3, -0.25) is 0 Å². The van der Waals surface area contributed by atoms with Gasteiger partial charge in [0.1, 0.15) is 5.60 Å². The Morgan fingerprint density at radius 3 is 2.12 bits per heavy atom. The Labute approximate surface area is 144 Å². The number of rotatable bonds is 2. The van der Waals surface area contributed by atoms with Crippen molar-refractivity contribution in [2.45, 2.75) is 32.5 Å². The summed E-state index contributed by atoms with van der Waals surface area (Å²) in [7, 11) is 0. The molecule has 0 spiro atoms. The van der Waals surface area contributed by atoms with Crippen LogP contribution >= 0.6 is 0 Å². The van der Waals surface area contributed by atoms with Gasteiger partial charge in [-0.05, 0) is 62.2 Å². The zero-order valence-electron chi connectivity index (χ0n) is 14.1. The van der Waals surface area contributed by atoms with Crippen molar-refractivity contribution in [1.29, 1.82) is 0 Å². The molecule has 0 radical (unpaired) electrons. The van der Waals surface area contributed by atoms with Crippen LogP contribution in [0.3, 0.4) is 0 Å². The largest absolute Gasteiger partial charge is 0.456 e. The Morgan fingerprint density at radius 1 is 1.04 bits per heavy atom. The minimum atomic E-state index is -4.46. The normalized spacial score (nSPS) is 11.7. The van der Waals surface area contributed by atoms with Crippen LogP contribution in [0.5, 0.6) is 0 Å². The molecule has 0 saturated carbocycles. The van der Waals surface area contributed by atoms with E-state index in [1.807, 2.05) is 0 Å². The molecular formula is C20H17F3O2. The molecule has 5 heteroatoms. The van der Waals surface area contributed by atoms with E-state index in [4.69, 9.17) is 11.2 Å². The van der Waals surface area contributed by atoms with Crippen molar-refractivity contribution < 1.29 is 22.7 Å². The van der Waals surface area contributed by atoms with Gasteiger partial charge in [0.15, 0.2) is 0 Å².